The zero-order valence-corrected chi connectivity index (χ0v) is 13.4. The van der Waals surface area contributed by atoms with Crippen LogP contribution in [0, 0.1) is 30.6 Å². The summed E-state index contributed by atoms with van der Waals surface area (Å²) in [5.74, 6) is 2.22. The van der Waals surface area contributed by atoms with Crippen molar-refractivity contribution in [1.29, 1.82) is 0 Å². The molecule has 1 N–H and O–H groups in total. The lowest BCUT2D eigenvalue weighted by molar-refractivity contribution is 0.268. The van der Waals surface area contributed by atoms with Gasteiger partial charge in [-0.25, -0.2) is 4.83 Å². The lowest BCUT2D eigenvalue weighted by atomic mass is 9.70. The number of allylic oxidation sites excluding steroid dienone is 1. The normalized spacial score (nSPS) is 34.6. The topological polar surface area (TPSA) is 58.5 Å². The van der Waals surface area contributed by atoms with Crippen molar-refractivity contribution in [3.05, 3.63) is 42.0 Å². The van der Waals surface area contributed by atoms with Crippen molar-refractivity contribution in [3.8, 4) is 0 Å². The van der Waals surface area contributed by atoms with E-state index in [1.54, 1.807) is 24.3 Å². The van der Waals surface area contributed by atoms with E-state index in [4.69, 9.17) is 0 Å². The van der Waals surface area contributed by atoms with Gasteiger partial charge in [-0.15, -0.1) is 0 Å². The summed E-state index contributed by atoms with van der Waals surface area (Å²) in [4.78, 5) is 2.69. The van der Waals surface area contributed by atoms with E-state index in [9.17, 15) is 8.42 Å². The molecule has 0 saturated heterocycles. The highest BCUT2D eigenvalue weighted by molar-refractivity contribution is 7.89. The van der Waals surface area contributed by atoms with E-state index in [0.29, 0.717) is 23.7 Å². The average molecular weight is 316 g/mol. The summed E-state index contributed by atoms with van der Waals surface area (Å²) in [5.41, 5.74) is 3.43. The molecule has 4 atom stereocenters. The van der Waals surface area contributed by atoms with Gasteiger partial charge in [0, 0.05) is 11.6 Å². The smallest absolute Gasteiger partial charge is 0.200 e. The molecule has 22 heavy (non-hydrogen) atoms. The SMILES string of the molecule is C=C1[C@H]2C[C@@H]3/C(=N/NS(=O)(=O)c4ccc(C)cc4)C[C@H]2C[C@H]13. The number of aryl methyl sites for hydroxylation is 1. The molecule has 0 aromatic heterocycles. The van der Waals surface area contributed by atoms with Crippen LogP contribution in [0.2, 0.25) is 0 Å². The molecule has 4 nitrogen and oxygen atoms in total. The summed E-state index contributed by atoms with van der Waals surface area (Å²) >= 11 is 0. The molecular weight excluding hydrogens is 296 g/mol. The van der Waals surface area contributed by atoms with Gasteiger partial charge < -0.3 is 0 Å². The Bertz CT molecular complexity index is 764. The number of benzene rings is 1. The van der Waals surface area contributed by atoms with Crippen molar-refractivity contribution in [2.75, 3.05) is 0 Å². The standard InChI is InChI=1S/C17H20N2O2S/c1-10-3-5-13(6-4-10)22(20,21)19-18-17-8-12-7-15-11(2)14(12)9-16(15)17/h3-6,12,14-16,19H,2,7-9H2,1H3/b18-17+/t12-,14-,15-,16+/m1/s1. The van der Waals surface area contributed by atoms with Crippen LogP contribution >= 0.6 is 0 Å². The van der Waals surface area contributed by atoms with Crippen LogP contribution in [0.25, 0.3) is 0 Å². The first kappa shape index (κ1) is 14.0. The van der Waals surface area contributed by atoms with Gasteiger partial charge in [0.05, 0.1) is 4.90 Å². The summed E-state index contributed by atoms with van der Waals surface area (Å²) in [7, 11) is -3.57. The average Bonchev–Trinajstić information content (AvgIpc) is 2.95. The molecule has 0 amide bonds. The van der Waals surface area contributed by atoms with Crippen LogP contribution in [0.5, 0.6) is 0 Å². The van der Waals surface area contributed by atoms with Crippen LogP contribution in [-0.4, -0.2) is 14.1 Å². The van der Waals surface area contributed by atoms with E-state index in [1.807, 2.05) is 6.92 Å². The van der Waals surface area contributed by atoms with Crippen LogP contribution in [-0.2, 0) is 10.0 Å². The van der Waals surface area contributed by atoms with E-state index in [1.165, 1.54) is 12.0 Å². The second-order valence-corrected chi connectivity index (χ2v) is 8.50. The molecule has 1 aromatic carbocycles. The van der Waals surface area contributed by atoms with E-state index in [-0.39, 0.29) is 4.90 Å². The van der Waals surface area contributed by atoms with Crippen molar-refractivity contribution in [1.82, 2.24) is 4.83 Å². The van der Waals surface area contributed by atoms with E-state index in [2.05, 4.69) is 16.5 Å². The first-order valence-electron chi connectivity index (χ1n) is 7.79. The second-order valence-electron chi connectivity index (χ2n) is 6.84. The van der Waals surface area contributed by atoms with Gasteiger partial charge >= 0.3 is 0 Å². The van der Waals surface area contributed by atoms with Crippen LogP contribution in [0.4, 0.5) is 0 Å². The Balaban J connectivity index is 1.55. The highest BCUT2D eigenvalue weighted by Gasteiger charge is 2.54. The van der Waals surface area contributed by atoms with Gasteiger partial charge in [0.25, 0.3) is 10.0 Å². The molecule has 4 fully saturated rings. The maximum Gasteiger partial charge on any atom is 0.276 e. The predicted molar refractivity (Wildman–Crippen MR) is 85.9 cm³/mol. The van der Waals surface area contributed by atoms with Crippen LogP contribution < -0.4 is 4.83 Å². The molecule has 0 spiro atoms. The van der Waals surface area contributed by atoms with Gasteiger partial charge in [0.15, 0.2) is 0 Å². The molecule has 5 rings (SSSR count). The lowest BCUT2D eigenvalue weighted by Gasteiger charge is -2.35. The van der Waals surface area contributed by atoms with E-state index >= 15 is 0 Å². The highest BCUT2D eigenvalue weighted by atomic mass is 32.2. The molecule has 0 unspecified atom stereocenters. The quantitative estimate of drug-likeness (QED) is 0.688. The molecule has 0 aliphatic heterocycles. The molecule has 4 aliphatic rings. The zero-order chi connectivity index (χ0) is 15.5. The maximum atomic E-state index is 12.3. The Kier molecular flexibility index (Phi) is 2.98. The molecule has 4 bridgehead atoms. The molecular formula is C17H20N2O2S. The minimum absolute atomic E-state index is 0.261. The van der Waals surface area contributed by atoms with E-state index in [0.717, 1.165) is 24.1 Å². The number of fused-ring (bicyclic) bond motifs is 1. The van der Waals surface area contributed by atoms with Crippen LogP contribution in [0.15, 0.2) is 46.4 Å². The van der Waals surface area contributed by atoms with Gasteiger partial charge in [-0.1, -0.05) is 29.8 Å². The highest BCUT2D eigenvalue weighted by Crippen LogP contribution is 2.60. The molecule has 4 saturated carbocycles. The number of nitrogens with zero attached hydrogens (tertiary/aromatic N) is 1. The summed E-state index contributed by atoms with van der Waals surface area (Å²) in [5, 5.41) is 4.29. The van der Waals surface area contributed by atoms with Gasteiger partial charge in [-0.3, -0.25) is 0 Å². The fourth-order valence-electron chi connectivity index (χ4n) is 4.46. The second kappa shape index (κ2) is 4.69. The Morgan fingerprint density at radius 2 is 1.86 bits per heavy atom. The first-order valence-corrected chi connectivity index (χ1v) is 9.27. The van der Waals surface area contributed by atoms with Crippen molar-refractivity contribution in [2.45, 2.75) is 31.1 Å². The first-order chi connectivity index (χ1) is 10.5. The van der Waals surface area contributed by atoms with Gasteiger partial charge in [-0.05, 0) is 56.1 Å². The van der Waals surface area contributed by atoms with Crippen molar-refractivity contribution in [2.24, 2.45) is 28.8 Å². The Hall–Kier alpha value is -1.62. The summed E-state index contributed by atoms with van der Waals surface area (Å²) in [6, 6.07) is 6.82. The Labute approximate surface area is 131 Å². The number of sulfonamides is 1. The number of hydrogen-bond donors (Lipinski definition) is 1. The molecule has 4 aliphatic carbocycles. The summed E-state index contributed by atoms with van der Waals surface area (Å²) in [6.45, 7) is 6.16. The van der Waals surface area contributed by atoms with E-state index < -0.39 is 10.0 Å². The summed E-state index contributed by atoms with van der Waals surface area (Å²) in [6.07, 6.45) is 3.25. The van der Waals surface area contributed by atoms with Crippen molar-refractivity contribution in [3.63, 3.8) is 0 Å². The maximum absolute atomic E-state index is 12.3. The zero-order valence-electron chi connectivity index (χ0n) is 12.6. The monoisotopic (exact) mass is 316 g/mol. The number of nitrogens with one attached hydrogen (secondary N) is 1. The fraction of sp³-hybridized carbons (Fsp3) is 0.471. The molecule has 5 heteroatoms. The third-order valence-electron chi connectivity index (χ3n) is 5.61. The minimum Gasteiger partial charge on any atom is -0.200 e. The van der Waals surface area contributed by atoms with Crippen molar-refractivity contribution >= 4 is 15.7 Å². The van der Waals surface area contributed by atoms with Gasteiger partial charge in [0.1, 0.15) is 0 Å². The molecule has 1 aromatic rings. The minimum atomic E-state index is -3.57. The van der Waals surface area contributed by atoms with Gasteiger partial charge in [-0.2, -0.15) is 13.5 Å². The predicted octanol–water partition coefficient (Wildman–Crippen LogP) is 2.86. The fourth-order valence-corrected chi connectivity index (χ4v) is 5.29. The van der Waals surface area contributed by atoms with Crippen LogP contribution in [0.1, 0.15) is 24.8 Å². The number of hydrogen-bond acceptors (Lipinski definition) is 3. The van der Waals surface area contributed by atoms with Gasteiger partial charge in [0.2, 0.25) is 0 Å². The Morgan fingerprint density at radius 1 is 1.14 bits per heavy atom. The van der Waals surface area contributed by atoms with Crippen LogP contribution in [0.3, 0.4) is 0 Å². The molecule has 0 radical (unpaired) electrons. The largest absolute Gasteiger partial charge is 0.276 e. The summed E-state index contributed by atoms with van der Waals surface area (Å²) < 4.78 is 24.6. The third-order valence-corrected chi connectivity index (χ3v) is 6.84. The van der Waals surface area contributed by atoms with Crippen molar-refractivity contribution < 1.29 is 8.42 Å². The number of hydrazone groups is 1. The molecule has 116 valence electrons. The number of rotatable bonds is 3. The third kappa shape index (κ3) is 2.02. The lowest BCUT2D eigenvalue weighted by Crippen LogP contribution is -2.35. The molecule has 0 heterocycles. The Morgan fingerprint density at radius 3 is 2.45 bits per heavy atom.